The van der Waals surface area contributed by atoms with E-state index in [0.29, 0.717) is 30.4 Å². The van der Waals surface area contributed by atoms with Gasteiger partial charge in [-0.1, -0.05) is 13.0 Å². The Balaban J connectivity index is 2.16. The summed E-state index contributed by atoms with van der Waals surface area (Å²) in [5.41, 5.74) is 4.11. The fourth-order valence-electron chi connectivity index (χ4n) is 2.14. The van der Waals surface area contributed by atoms with Gasteiger partial charge in [0.1, 0.15) is 0 Å². The van der Waals surface area contributed by atoms with E-state index in [0.717, 1.165) is 16.5 Å². The summed E-state index contributed by atoms with van der Waals surface area (Å²) < 4.78 is 12.2. The van der Waals surface area contributed by atoms with E-state index in [1.807, 2.05) is 26.0 Å². The lowest BCUT2D eigenvalue weighted by Crippen LogP contribution is -2.02. The van der Waals surface area contributed by atoms with Gasteiger partial charge in [-0.05, 0) is 53.0 Å². The summed E-state index contributed by atoms with van der Waals surface area (Å²) in [6.07, 6.45) is 2.50. The van der Waals surface area contributed by atoms with Gasteiger partial charge in [0.25, 0.3) is 5.69 Å². The fourth-order valence-corrected chi connectivity index (χ4v) is 2.71. The minimum Gasteiger partial charge on any atom is -0.490 e. The van der Waals surface area contributed by atoms with E-state index < -0.39 is 4.92 Å². The lowest BCUT2D eigenvalue weighted by Gasteiger charge is -2.14. The van der Waals surface area contributed by atoms with E-state index in [1.54, 1.807) is 18.3 Å². The largest absolute Gasteiger partial charge is 0.490 e. The number of nitro groups is 1. The van der Waals surface area contributed by atoms with Crippen molar-refractivity contribution in [2.24, 2.45) is 5.10 Å². The summed E-state index contributed by atoms with van der Waals surface area (Å²) in [6, 6.07) is 9.84. The third-order valence-corrected chi connectivity index (χ3v) is 3.84. The predicted molar refractivity (Wildman–Crippen MR) is 105 cm³/mol. The van der Waals surface area contributed by atoms with Crippen LogP contribution >= 0.6 is 15.9 Å². The van der Waals surface area contributed by atoms with Gasteiger partial charge in [0.05, 0.1) is 34.5 Å². The van der Waals surface area contributed by atoms with Crippen LogP contribution in [0, 0.1) is 10.1 Å². The molecule has 1 N–H and O–H groups in total. The Morgan fingerprint density at radius 1 is 1.27 bits per heavy atom. The van der Waals surface area contributed by atoms with Crippen molar-refractivity contribution in [2.45, 2.75) is 20.3 Å². The number of nitro benzene ring substituents is 1. The lowest BCUT2D eigenvalue weighted by atomic mass is 10.2. The summed E-state index contributed by atoms with van der Waals surface area (Å²) in [5.74, 6) is 1.30. The molecule has 0 aliphatic carbocycles. The van der Waals surface area contributed by atoms with Crippen LogP contribution in [-0.4, -0.2) is 24.4 Å². The Morgan fingerprint density at radius 3 is 2.77 bits per heavy atom. The average molecular weight is 422 g/mol. The van der Waals surface area contributed by atoms with Crippen molar-refractivity contribution >= 4 is 33.5 Å². The molecule has 138 valence electrons. The standard InChI is InChI=1S/C18H20BrN3O4/c1-3-8-26-18-16(19)9-13(10-17(18)25-4-2)12-20-21-14-6-5-7-15(11-14)22(23)24/h5-7,9-12,21H,3-4,8H2,1-2H3. The van der Waals surface area contributed by atoms with Gasteiger partial charge in [0, 0.05) is 12.1 Å². The zero-order valence-electron chi connectivity index (χ0n) is 14.6. The SMILES string of the molecule is CCCOc1c(Br)cc(C=NNc2cccc([N+](=O)[O-])c2)cc1OCC. The molecule has 8 heteroatoms. The Morgan fingerprint density at radius 2 is 2.08 bits per heavy atom. The molecule has 0 amide bonds. The summed E-state index contributed by atoms with van der Waals surface area (Å²) in [7, 11) is 0. The number of hydrazone groups is 1. The van der Waals surface area contributed by atoms with Gasteiger partial charge in [-0.2, -0.15) is 5.10 Å². The number of non-ortho nitro benzene ring substituents is 1. The quantitative estimate of drug-likeness (QED) is 0.350. The summed E-state index contributed by atoms with van der Waals surface area (Å²) >= 11 is 3.50. The molecule has 0 radical (unpaired) electrons. The molecule has 7 nitrogen and oxygen atoms in total. The molecule has 0 saturated heterocycles. The number of halogens is 1. The maximum atomic E-state index is 10.8. The minimum absolute atomic E-state index is 0.00371. The smallest absolute Gasteiger partial charge is 0.271 e. The van der Waals surface area contributed by atoms with Crippen LogP contribution in [0.4, 0.5) is 11.4 Å². The monoisotopic (exact) mass is 421 g/mol. The molecular formula is C18H20BrN3O4. The molecule has 0 atom stereocenters. The molecule has 0 aliphatic rings. The molecule has 0 aromatic heterocycles. The molecule has 0 heterocycles. The van der Waals surface area contributed by atoms with Crippen molar-refractivity contribution in [2.75, 3.05) is 18.6 Å². The van der Waals surface area contributed by atoms with Gasteiger partial charge >= 0.3 is 0 Å². The zero-order valence-corrected chi connectivity index (χ0v) is 16.2. The first-order valence-corrected chi connectivity index (χ1v) is 8.97. The molecule has 0 fully saturated rings. The van der Waals surface area contributed by atoms with Gasteiger partial charge in [0.2, 0.25) is 0 Å². The van der Waals surface area contributed by atoms with Crippen LogP contribution in [0.1, 0.15) is 25.8 Å². The van der Waals surface area contributed by atoms with Crippen molar-refractivity contribution < 1.29 is 14.4 Å². The van der Waals surface area contributed by atoms with E-state index in [1.165, 1.54) is 12.1 Å². The number of hydrogen-bond acceptors (Lipinski definition) is 6. The number of benzene rings is 2. The summed E-state index contributed by atoms with van der Waals surface area (Å²) in [5, 5.41) is 14.9. The van der Waals surface area contributed by atoms with Crippen LogP contribution in [-0.2, 0) is 0 Å². The highest BCUT2D eigenvalue weighted by atomic mass is 79.9. The van der Waals surface area contributed by atoms with Gasteiger partial charge in [0.15, 0.2) is 11.5 Å². The first-order valence-electron chi connectivity index (χ1n) is 8.17. The summed E-state index contributed by atoms with van der Waals surface area (Å²) in [4.78, 5) is 10.4. The van der Waals surface area contributed by atoms with Crippen LogP contribution in [0.25, 0.3) is 0 Å². The maximum Gasteiger partial charge on any atom is 0.271 e. The normalized spacial score (nSPS) is 10.7. The third-order valence-electron chi connectivity index (χ3n) is 3.25. The maximum absolute atomic E-state index is 10.8. The van der Waals surface area contributed by atoms with Crippen molar-refractivity contribution in [1.82, 2.24) is 0 Å². The van der Waals surface area contributed by atoms with Gasteiger partial charge < -0.3 is 9.47 Å². The number of nitrogens with one attached hydrogen (secondary N) is 1. The Hall–Kier alpha value is -2.61. The molecule has 26 heavy (non-hydrogen) atoms. The van der Waals surface area contributed by atoms with Crippen LogP contribution in [0.2, 0.25) is 0 Å². The van der Waals surface area contributed by atoms with E-state index >= 15 is 0 Å². The molecule has 2 aromatic carbocycles. The first kappa shape index (κ1) is 19.7. The van der Waals surface area contributed by atoms with Crippen LogP contribution in [0.15, 0.2) is 46.0 Å². The molecule has 0 saturated carbocycles. The zero-order chi connectivity index (χ0) is 18.9. The van der Waals surface area contributed by atoms with Crippen molar-refractivity contribution in [3.05, 3.63) is 56.5 Å². The molecule has 0 bridgehead atoms. The first-order chi connectivity index (χ1) is 12.5. The molecule has 0 spiro atoms. The second-order valence-corrected chi connectivity index (χ2v) is 6.14. The van der Waals surface area contributed by atoms with Crippen LogP contribution in [0.5, 0.6) is 11.5 Å². The third kappa shape index (κ3) is 5.45. The Bertz CT molecular complexity index is 796. The van der Waals surface area contributed by atoms with Gasteiger partial charge in [-0.25, -0.2) is 0 Å². The summed E-state index contributed by atoms with van der Waals surface area (Å²) in [6.45, 7) is 5.05. The molecule has 2 rings (SSSR count). The van der Waals surface area contributed by atoms with E-state index in [2.05, 4.69) is 26.5 Å². The van der Waals surface area contributed by atoms with Gasteiger partial charge in [-0.3, -0.25) is 15.5 Å². The predicted octanol–water partition coefficient (Wildman–Crippen LogP) is 4.99. The number of ether oxygens (including phenoxy) is 2. The molecule has 0 unspecified atom stereocenters. The van der Waals surface area contributed by atoms with Crippen molar-refractivity contribution in [3.8, 4) is 11.5 Å². The van der Waals surface area contributed by atoms with E-state index in [9.17, 15) is 10.1 Å². The van der Waals surface area contributed by atoms with Crippen LogP contribution < -0.4 is 14.9 Å². The molecule has 2 aromatic rings. The molecular weight excluding hydrogens is 402 g/mol. The second kappa shape index (κ2) is 9.76. The van der Waals surface area contributed by atoms with Gasteiger partial charge in [-0.15, -0.1) is 0 Å². The number of nitrogens with zero attached hydrogens (tertiary/aromatic N) is 2. The molecule has 0 aliphatic heterocycles. The highest BCUT2D eigenvalue weighted by molar-refractivity contribution is 9.10. The fraction of sp³-hybridized carbons (Fsp3) is 0.278. The van der Waals surface area contributed by atoms with E-state index in [-0.39, 0.29) is 5.69 Å². The Kier molecular flexibility index (Phi) is 7.40. The topological polar surface area (TPSA) is 86.0 Å². The average Bonchev–Trinajstić information content (AvgIpc) is 2.61. The number of rotatable bonds is 9. The Labute approximate surface area is 160 Å². The second-order valence-electron chi connectivity index (χ2n) is 5.29. The highest BCUT2D eigenvalue weighted by Crippen LogP contribution is 2.36. The van der Waals surface area contributed by atoms with Crippen molar-refractivity contribution in [3.63, 3.8) is 0 Å². The number of anilines is 1. The number of hydrogen-bond donors (Lipinski definition) is 1. The lowest BCUT2D eigenvalue weighted by molar-refractivity contribution is -0.384. The minimum atomic E-state index is -0.449. The van der Waals surface area contributed by atoms with Crippen molar-refractivity contribution in [1.29, 1.82) is 0 Å². The van der Waals surface area contributed by atoms with Crippen LogP contribution in [0.3, 0.4) is 0 Å². The highest BCUT2D eigenvalue weighted by Gasteiger charge is 2.11. The van der Waals surface area contributed by atoms with E-state index in [4.69, 9.17) is 9.47 Å².